The van der Waals surface area contributed by atoms with E-state index in [1.807, 2.05) is 13.8 Å². The molecule has 1 saturated heterocycles. The maximum atomic E-state index is 12.3. The van der Waals surface area contributed by atoms with Crippen molar-refractivity contribution in [1.82, 2.24) is 4.90 Å². The molecule has 0 aliphatic carbocycles. The maximum absolute atomic E-state index is 12.3. The summed E-state index contributed by atoms with van der Waals surface area (Å²) in [5.41, 5.74) is 5.95. The first kappa shape index (κ1) is 13.0. The van der Waals surface area contributed by atoms with Gasteiger partial charge in [0.15, 0.2) is 0 Å². The topological polar surface area (TPSA) is 72.6 Å². The second-order valence-electron chi connectivity index (χ2n) is 4.53. The van der Waals surface area contributed by atoms with Crippen LogP contribution in [0, 0.1) is 0 Å². The number of primary amides is 1. The summed E-state index contributed by atoms with van der Waals surface area (Å²) in [6.45, 7) is 4.94. The number of carbonyl (C=O) groups is 2. The number of rotatable bonds is 2. The van der Waals surface area contributed by atoms with Crippen LogP contribution in [0.4, 0.5) is 0 Å². The Bertz CT molecular complexity index is 462. The predicted molar refractivity (Wildman–Crippen MR) is 68.7 cm³/mol. The van der Waals surface area contributed by atoms with E-state index in [1.165, 1.54) is 11.3 Å². The molecule has 0 radical (unpaired) electrons. The minimum absolute atomic E-state index is 0.00774. The zero-order chi connectivity index (χ0) is 13.3. The molecule has 1 aliphatic rings. The molecule has 0 aromatic carbocycles. The molecule has 2 heterocycles. The van der Waals surface area contributed by atoms with Crippen LogP contribution in [0.2, 0.25) is 0 Å². The lowest BCUT2D eigenvalue weighted by Gasteiger charge is -2.35. The number of nitrogens with two attached hydrogens (primary N) is 1. The third-order valence-corrected chi connectivity index (χ3v) is 3.61. The number of carbonyl (C=O) groups excluding carboxylic acids is 2. The average molecular weight is 268 g/mol. The lowest BCUT2D eigenvalue weighted by Crippen LogP contribution is -2.48. The summed E-state index contributed by atoms with van der Waals surface area (Å²) >= 11 is 1.31. The minimum Gasteiger partial charge on any atom is -0.372 e. The van der Waals surface area contributed by atoms with E-state index in [1.54, 1.807) is 15.7 Å². The van der Waals surface area contributed by atoms with Crippen LogP contribution >= 0.6 is 11.3 Å². The molecule has 1 aromatic heterocycles. The molecule has 6 heteroatoms. The average Bonchev–Trinajstić information content (AvgIpc) is 2.75. The lowest BCUT2D eigenvalue weighted by atomic mass is 10.1. The fraction of sp³-hybridized carbons (Fsp3) is 0.500. The fourth-order valence-corrected chi connectivity index (χ4v) is 2.98. The largest absolute Gasteiger partial charge is 0.372 e. The van der Waals surface area contributed by atoms with Crippen LogP contribution in [-0.2, 0) is 4.74 Å². The van der Waals surface area contributed by atoms with E-state index >= 15 is 0 Å². The SMILES string of the molecule is C[C@@H]1CN(C(=O)c2cscc2C(N)=O)C[C@H](C)O1. The van der Waals surface area contributed by atoms with Crippen molar-refractivity contribution in [2.24, 2.45) is 5.73 Å². The van der Waals surface area contributed by atoms with Gasteiger partial charge in [0.05, 0.1) is 23.3 Å². The van der Waals surface area contributed by atoms with Crippen molar-refractivity contribution in [1.29, 1.82) is 0 Å². The Labute approximate surface area is 110 Å². The van der Waals surface area contributed by atoms with Crippen LogP contribution < -0.4 is 5.73 Å². The van der Waals surface area contributed by atoms with Crippen LogP contribution in [-0.4, -0.2) is 42.0 Å². The first-order valence-electron chi connectivity index (χ1n) is 5.79. The van der Waals surface area contributed by atoms with Gasteiger partial charge in [0, 0.05) is 23.8 Å². The summed E-state index contributed by atoms with van der Waals surface area (Å²) in [4.78, 5) is 25.3. The molecule has 0 unspecified atom stereocenters. The highest BCUT2D eigenvalue weighted by Gasteiger charge is 2.28. The maximum Gasteiger partial charge on any atom is 0.255 e. The van der Waals surface area contributed by atoms with Gasteiger partial charge in [-0.2, -0.15) is 11.3 Å². The van der Waals surface area contributed by atoms with E-state index in [0.717, 1.165) is 0 Å². The molecule has 2 N–H and O–H groups in total. The summed E-state index contributed by atoms with van der Waals surface area (Å²) < 4.78 is 5.58. The molecule has 1 fully saturated rings. The van der Waals surface area contributed by atoms with E-state index in [9.17, 15) is 9.59 Å². The second kappa shape index (κ2) is 5.07. The summed E-state index contributed by atoms with van der Waals surface area (Å²) in [5, 5.41) is 3.29. The van der Waals surface area contributed by atoms with E-state index in [0.29, 0.717) is 24.2 Å². The molecule has 5 nitrogen and oxygen atoms in total. The van der Waals surface area contributed by atoms with E-state index in [-0.39, 0.29) is 18.1 Å². The van der Waals surface area contributed by atoms with Crippen molar-refractivity contribution in [3.05, 3.63) is 21.9 Å². The van der Waals surface area contributed by atoms with Crippen molar-refractivity contribution < 1.29 is 14.3 Å². The number of hydrogen-bond donors (Lipinski definition) is 1. The third kappa shape index (κ3) is 2.54. The van der Waals surface area contributed by atoms with Gasteiger partial charge in [0.2, 0.25) is 5.91 Å². The summed E-state index contributed by atoms with van der Waals surface area (Å²) in [6, 6.07) is 0. The Kier molecular flexibility index (Phi) is 3.68. The smallest absolute Gasteiger partial charge is 0.255 e. The van der Waals surface area contributed by atoms with Crippen molar-refractivity contribution in [3.63, 3.8) is 0 Å². The van der Waals surface area contributed by atoms with E-state index in [2.05, 4.69) is 0 Å². The quantitative estimate of drug-likeness (QED) is 0.873. The van der Waals surface area contributed by atoms with E-state index < -0.39 is 5.91 Å². The monoisotopic (exact) mass is 268 g/mol. The lowest BCUT2D eigenvalue weighted by molar-refractivity contribution is -0.0586. The molecule has 0 bridgehead atoms. The molecule has 2 atom stereocenters. The van der Waals surface area contributed by atoms with Gasteiger partial charge in [0.25, 0.3) is 5.91 Å². The van der Waals surface area contributed by atoms with Gasteiger partial charge < -0.3 is 15.4 Å². The summed E-state index contributed by atoms with van der Waals surface area (Å²) in [5.74, 6) is -0.707. The van der Waals surface area contributed by atoms with Gasteiger partial charge in [-0.15, -0.1) is 0 Å². The Hall–Kier alpha value is -1.40. The first-order chi connectivity index (χ1) is 8.49. The number of amides is 2. The van der Waals surface area contributed by atoms with Gasteiger partial charge >= 0.3 is 0 Å². The summed E-state index contributed by atoms with van der Waals surface area (Å²) in [7, 11) is 0. The van der Waals surface area contributed by atoms with Gasteiger partial charge in [-0.1, -0.05) is 0 Å². The van der Waals surface area contributed by atoms with Crippen LogP contribution in [0.1, 0.15) is 34.6 Å². The zero-order valence-corrected chi connectivity index (χ0v) is 11.2. The number of thiophene rings is 1. The van der Waals surface area contributed by atoms with Crippen LogP contribution in [0.25, 0.3) is 0 Å². The highest BCUT2D eigenvalue weighted by molar-refractivity contribution is 7.08. The number of morpholine rings is 1. The number of hydrogen-bond acceptors (Lipinski definition) is 4. The first-order valence-corrected chi connectivity index (χ1v) is 6.74. The fourth-order valence-electron chi connectivity index (χ4n) is 2.17. The molecule has 0 saturated carbocycles. The molecule has 98 valence electrons. The Morgan fingerprint density at radius 2 is 1.83 bits per heavy atom. The molecular formula is C12H16N2O3S. The van der Waals surface area contributed by atoms with Crippen LogP contribution in [0.15, 0.2) is 10.8 Å². The van der Waals surface area contributed by atoms with Crippen LogP contribution in [0.5, 0.6) is 0 Å². The molecular weight excluding hydrogens is 252 g/mol. The van der Waals surface area contributed by atoms with Gasteiger partial charge in [-0.05, 0) is 13.8 Å². The second-order valence-corrected chi connectivity index (χ2v) is 5.27. The van der Waals surface area contributed by atoms with Crippen molar-refractivity contribution in [3.8, 4) is 0 Å². The van der Waals surface area contributed by atoms with Gasteiger partial charge in [-0.25, -0.2) is 0 Å². The standard InChI is InChI=1S/C12H16N2O3S/c1-7-3-14(4-8(2)17-7)12(16)10-6-18-5-9(10)11(13)15/h5-8H,3-4H2,1-2H3,(H2,13,15)/t7-,8+. The van der Waals surface area contributed by atoms with Crippen molar-refractivity contribution in [2.75, 3.05) is 13.1 Å². The number of nitrogens with zero attached hydrogens (tertiary/aromatic N) is 1. The van der Waals surface area contributed by atoms with E-state index in [4.69, 9.17) is 10.5 Å². The Morgan fingerprint density at radius 3 is 2.39 bits per heavy atom. The molecule has 0 spiro atoms. The normalized spacial score (nSPS) is 24.0. The Morgan fingerprint density at radius 1 is 1.28 bits per heavy atom. The minimum atomic E-state index is -0.561. The summed E-state index contributed by atoms with van der Waals surface area (Å²) in [6.07, 6.45) is 0.0155. The molecule has 18 heavy (non-hydrogen) atoms. The van der Waals surface area contributed by atoms with Crippen molar-refractivity contribution in [2.45, 2.75) is 26.1 Å². The molecule has 1 aromatic rings. The van der Waals surface area contributed by atoms with Crippen molar-refractivity contribution >= 4 is 23.2 Å². The number of ether oxygens (including phenoxy) is 1. The highest BCUT2D eigenvalue weighted by atomic mass is 32.1. The van der Waals surface area contributed by atoms with Gasteiger partial charge in [0.1, 0.15) is 0 Å². The third-order valence-electron chi connectivity index (χ3n) is 2.86. The van der Waals surface area contributed by atoms with Gasteiger partial charge in [-0.3, -0.25) is 9.59 Å². The highest BCUT2D eigenvalue weighted by Crippen LogP contribution is 2.19. The molecule has 2 amide bonds. The zero-order valence-electron chi connectivity index (χ0n) is 10.4. The molecule has 2 rings (SSSR count). The predicted octanol–water partition coefficient (Wildman–Crippen LogP) is 1.10. The van der Waals surface area contributed by atoms with Crippen LogP contribution in [0.3, 0.4) is 0 Å². The molecule has 1 aliphatic heterocycles. The Balaban J connectivity index is 2.20.